The van der Waals surface area contributed by atoms with Gasteiger partial charge in [0.2, 0.25) is 11.9 Å². The Morgan fingerprint density at radius 1 is 1.00 bits per heavy atom. The van der Waals surface area contributed by atoms with Crippen molar-refractivity contribution in [2.24, 2.45) is 5.92 Å². The van der Waals surface area contributed by atoms with E-state index in [1.165, 1.54) is 6.42 Å². The molecule has 1 aliphatic rings. The first-order valence-corrected chi connectivity index (χ1v) is 8.92. The van der Waals surface area contributed by atoms with Crippen LogP contribution in [0.25, 0.3) is 0 Å². The first-order chi connectivity index (χ1) is 12.5. The second-order valence-electron chi connectivity index (χ2n) is 6.80. The molecule has 1 aliphatic carbocycles. The second-order valence-corrected chi connectivity index (χ2v) is 6.80. The Bertz CT molecular complexity index is 554. The summed E-state index contributed by atoms with van der Waals surface area (Å²) >= 11 is 0. The molecule has 0 saturated heterocycles. The van der Waals surface area contributed by atoms with Gasteiger partial charge in [-0.05, 0) is 32.1 Å². The van der Waals surface area contributed by atoms with Gasteiger partial charge in [-0.1, -0.05) is 6.92 Å². The van der Waals surface area contributed by atoms with Gasteiger partial charge in [0.15, 0.2) is 0 Å². The third-order valence-electron chi connectivity index (χ3n) is 4.52. The highest BCUT2D eigenvalue weighted by molar-refractivity contribution is 5.39. The van der Waals surface area contributed by atoms with E-state index in [1.54, 1.807) is 38.1 Å². The lowest BCUT2D eigenvalue weighted by atomic mass is 10.1. The number of hydrogen-bond acceptors (Lipinski definition) is 9. The first kappa shape index (κ1) is 20.8. The van der Waals surface area contributed by atoms with Gasteiger partial charge in [0, 0.05) is 27.2 Å². The molecule has 148 valence electrons. The Kier molecular flexibility index (Phi) is 7.95. The van der Waals surface area contributed by atoms with E-state index in [2.05, 4.69) is 21.9 Å². The summed E-state index contributed by atoms with van der Waals surface area (Å²) in [6.07, 6.45) is 2.48. The lowest BCUT2D eigenvalue weighted by Gasteiger charge is -2.27. The molecule has 3 unspecified atom stereocenters. The van der Waals surface area contributed by atoms with Crippen LogP contribution in [0.3, 0.4) is 0 Å². The maximum absolute atomic E-state index is 10.1. The zero-order valence-electron chi connectivity index (χ0n) is 16.4. The molecule has 0 bridgehead atoms. The molecule has 0 aliphatic heterocycles. The summed E-state index contributed by atoms with van der Waals surface area (Å²) in [5.41, 5.74) is 0. The standard InChI is InChI=1S/C17H31N5O4/c1-12-6-7-14(8-12)15-18-16(21(9-24-3)10-25-4)20-17(19-15)22(11-26-5)13(2)23/h12-14,23H,6-11H2,1-5H3. The summed E-state index contributed by atoms with van der Waals surface area (Å²) < 4.78 is 15.7. The number of methoxy groups -OCH3 is 3. The van der Waals surface area contributed by atoms with E-state index < -0.39 is 6.23 Å². The van der Waals surface area contributed by atoms with Gasteiger partial charge in [0.05, 0.1) is 0 Å². The maximum Gasteiger partial charge on any atom is 0.234 e. The van der Waals surface area contributed by atoms with Gasteiger partial charge in [-0.2, -0.15) is 15.0 Å². The Labute approximate surface area is 155 Å². The third-order valence-corrected chi connectivity index (χ3v) is 4.52. The molecule has 0 radical (unpaired) electrons. The van der Waals surface area contributed by atoms with Gasteiger partial charge >= 0.3 is 0 Å². The van der Waals surface area contributed by atoms with Crippen LogP contribution < -0.4 is 9.80 Å². The molecule has 1 aromatic rings. The summed E-state index contributed by atoms with van der Waals surface area (Å²) in [6, 6.07) is 0. The van der Waals surface area contributed by atoms with Gasteiger partial charge in [0.1, 0.15) is 32.2 Å². The van der Waals surface area contributed by atoms with Crippen LogP contribution in [-0.2, 0) is 14.2 Å². The van der Waals surface area contributed by atoms with Crippen LogP contribution in [-0.4, -0.2) is 67.8 Å². The first-order valence-electron chi connectivity index (χ1n) is 8.92. The molecule has 9 nitrogen and oxygen atoms in total. The average molecular weight is 369 g/mol. The summed E-state index contributed by atoms with van der Waals surface area (Å²) in [7, 11) is 4.79. The Morgan fingerprint density at radius 2 is 1.62 bits per heavy atom. The van der Waals surface area contributed by atoms with Gasteiger partial charge in [0.25, 0.3) is 0 Å². The molecule has 9 heteroatoms. The van der Waals surface area contributed by atoms with E-state index in [-0.39, 0.29) is 26.1 Å². The fourth-order valence-electron chi connectivity index (χ4n) is 3.20. The van der Waals surface area contributed by atoms with Crippen molar-refractivity contribution in [1.29, 1.82) is 0 Å². The van der Waals surface area contributed by atoms with Crippen molar-refractivity contribution >= 4 is 11.9 Å². The zero-order chi connectivity index (χ0) is 19.1. The molecular weight excluding hydrogens is 338 g/mol. The number of aliphatic hydroxyl groups is 1. The monoisotopic (exact) mass is 369 g/mol. The van der Waals surface area contributed by atoms with Crippen molar-refractivity contribution in [3.05, 3.63) is 5.82 Å². The summed E-state index contributed by atoms with van der Waals surface area (Å²) in [5.74, 6) is 2.54. The predicted octanol–water partition coefficient (Wildman–Crippen LogP) is 1.54. The minimum absolute atomic E-state index is 0.177. The van der Waals surface area contributed by atoms with Crippen LogP contribution in [0.2, 0.25) is 0 Å². The minimum atomic E-state index is -0.793. The number of rotatable bonds is 10. The number of hydrogen-bond donors (Lipinski definition) is 1. The van der Waals surface area contributed by atoms with Crippen LogP contribution in [0.5, 0.6) is 0 Å². The molecule has 0 amide bonds. The van der Waals surface area contributed by atoms with Gasteiger partial charge < -0.3 is 19.3 Å². The molecule has 1 heterocycles. The smallest absolute Gasteiger partial charge is 0.234 e. The van der Waals surface area contributed by atoms with Crippen LogP contribution in [0.4, 0.5) is 11.9 Å². The lowest BCUT2D eigenvalue weighted by Crippen LogP contribution is -2.37. The van der Waals surface area contributed by atoms with Crippen molar-refractivity contribution in [3.63, 3.8) is 0 Å². The highest BCUT2D eigenvalue weighted by Gasteiger charge is 2.28. The van der Waals surface area contributed by atoms with Crippen molar-refractivity contribution in [2.45, 2.75) is 45.3 Å². The van der Waals surface area contributed by atoms with Gasteiger partial charge in [-0.25, -0.2) is 0 Å². The van der Waals surface area contributed by atoms with Crippen molar-refractivity contribution in [3.8, 4) is 0 Å². The lowest BCUT2D eigenvalue weighted by molar-refractivity contribution is 0.121. The SMILES string of the molecule is COCN(COC)c1nc(C2CCC(C)C2)nc(N(COC)C(C)O)n1. The van der Waals surface area contributed by atoms with E-state index in [9.17, 15) is 5.11 Å². The highest BCUT2D eigenvalue weighted by Crippen LogP contribution is 2.37. The molecule has 0 aromatic carbocycles. The quantitative estimate of drug-likeness (QED) is 0.616. The normalized spacial score (nSPS) is 21.0. The maximum atomic E-state index is 10.1. The molecule has 1 saturated carbocycles. The number of anilines is 2. The van der Waals surface area contributed by atoms with E-state index >= 15 is 0 Å². The molecule has 3 atom stereocenters. The number of ether oxygens (including phenoxy) is 3. The molecule has 1 N–H and O–H groups in total. The van der Waals surface area contributed by atoms with Crippen LogP contribution >= 0.6 is 0 Å². The van der Waals surface area contributed by atoms with E-state index in [1.807, 2.05) is 0 Å². The van der Waals surface area contributed by atoms with Crippen molar-refractivity contribution in [1.82, 2.24) is 15.0 Å². The van der Waals surface area contributed by atoms with Crippen LogP contribution in [0, 0.1) is 5.92 Å². The van der Waals surface area contributed by atoms with Crippen LogP contribution in [0.15, 0.2) is 0 Å². The number of nitrogens with zero attached hydrogens (tertiary/aromatic N) is 5. The average Bonchev–Trinajstić information content (AvgIpc) is 3.05. The van der Waals surface area contributed by atoms with Crippen molar-refractivity contribution < 1.29 is 19.3 Å². The zero-order valence-corrected chi connectivity index (χ0v) is 16.4. The van der Waals surface area contributed by atoms with Crippen molar-refractivity contribution in [2.75, 3.05) is 51.3 Å². The minimum Gasteiger partial charge on any atom is -0.374 e. The summed E-state index contributed by atoms with van der Waals surface area (Å²) in [6.45, 7) is 4.66. The molecule has 1 fully saturated rings. The van der Waals surface area contributed by atoms with E-state index in [4.69, 9.17) is 14.2 Å². The van der Waals surface area contributed by atoms with Gasteiger partial charge in [-0.15, -0.1) is 0 Å². The van der Waals surface area contributed by atoms with E-state index in [0.717, 1.165) is 18.7 Å². The predicted molar refractivity (Wildman–Crippen MR) is 97.8 cm³/mol. The third kappa shape index (κ3) is 5.23. The molecule has 1 aromatic heterocycles. The molecule has 0 spiro atoms. The summed E-state index contributed by atoms with van der Waals surface area (Å²) in [5, 5.41) is 10.1. The van der Waals surface area contributed by atoms with Gasteiger partial charge in [-0.3, -0.25) is 9.80 Å². The fraction of sp³-hybridized carbons (Fsp3) is 0.824. The van der Waals surface area contributed by atoms with Crippen LogP contribution in [0.1, 0.15) is 44.9 Å². The largest absolute Gasteiger partial charge is 0.374 e. The molecule has 26 heavy (non-hydrogen) atoms. The fourth-order valence-corrected chi connectivity index (χ4v) is 3.20. The summed E-state index contributed by atoms with van der Waals surface area (Å²) in [4.78, 5) is 17.2. The highest BCUT2D eigenvalue weighted by atomic mass is 16.5. The van der Waals surface area contributed by atoms with E-state index in [0.29, 0.717) is 17.8 Å². The topological polar surface area (TPSA) is 93.1 Å². The number of aromatic nitrogens is 3. The Hall–Kier alpha value is -1.55. The molecular formula is C17H31N5O4. The number of aliphatic hydroxyl groups excluding tert-OH is 1. The Balaban J connectivity index is 2.43. The Morgan fingerprint density at radius 3 is 2.12 bits per heavy atom. The second kappa shape index (κ2) is 9.96. The molecule has 2 rings (SSSR count).